The second-order valence-corrected chi connectivity index (χ2v) is 2.40. The van der Waals surface area contributed by atoms with E-state index in [1.807, 2.05) is 0 Å². The Kier molecular flexibility index (Phi) is 7.47. The third-order valence-corrected chi connectivity index (χ3v) is 1.55. The summed E-state index contributed by atoms with van der Waals surface area (Å²) in [6.07, 6.45) is 8.07. The zero-order valence-corrected chi connectivity index (χ0v) is 9.31. The molecule has 0 aromatic carbocycles. The normalized spacial score (nSPS) is 20.1. The summed E-state index contributed by atoms with van der Waals surface area (Å²) >= 11 is 0. The van der Waals surface area contributed by atoms with Gasteiger partial charge < -0.3 is 42.8 Å². The Labute approximate surface area is 88.8 Å². The molecule has 0 atom stereocenters. The molecule has 1 nitrogen and oxygen atoms in total. The van der Waals surface area contributed by atoms with E-state index in [0.717, 1.165) is 19.4 Å². The predicted molar refractivity (Wildman–Crippen MR) is 37.6 cm³/mol. The van der Waals surface area contributed by atoms with Crippen molar-refractivity contribution in [3.63, 3.8) is 0 Å². The molecule has 0 unspecified atom stereocenters. The first-order valence-corrected chi connectivity index (χ1v) is 3.39. The average Bonchev–Trinajstić information content (AvgIpc) is 1.91. The minimum atomic E-state index is 0. The third-order valence-electron chi connectivity index (χ3n) is 1.55. The van der Waals surface area contributed by atoms with Crippen molar-refractivity contribution in [2.24, 2.45) is 0 Å². The van der Waals surface area contributed by atoms with Gasteiger partial charge >= 0.3 is 32.7 Å². The van der Waals surface area contributed by atoms with Crippen LogP contribution in [0.5, 0.6) is 0 Å². The molecule has 2 heteroatoms. The molecule has 0 amide bonds. The van der Waals surface area contributed by atoms with Crippen LogP contribution in [0.2, 0.25) is 0 Å². The summed E-state index contributed by atoms with van der Waals surface area (Å²) in [5.41, 5.74) is 0. The maximum Gasteiger partial charge on any atom is 3.00 e. The van der Waals surface area contributed by atoms with Crippen LogP contribution in [0.4, 0.5) is 0 Å². The summed E-state index contributed by atoms with van der Waals surface area (Å²) in [6.45, 7) is 0.840. The van der Waals surface area contributed by atoms with Gasteiger partial charge in [0.1, 0.15) is 0 Å². The van der Waals surface area contributed by atoms with E-state index >= 15 is 0 Å². The molecule has 0 saturated heterocycles. The van der Waals surface area contributed by atoms with Gasteiger partial charge in [0, 0.05) is 7.11 Å². The number of methoxy groups -OCH3 is 1. The molecule has 0 heterocycles. The molecule has 1 rings (SSSR count). The molecule has 1 aliphatic rings. The third kappa shape index (κ3) is 4.05. The van der Waals surface area contributed by atoms with Gasteiger partial charge in [-0.15, -0.1) is 0 Å². The first kappa shape index (κ1) is 11.1. The van der Waals surface area contributed by atoms with Gasteiger partial charge in [-0.2, -0.15) is 0 Å². The molecule has 0 aromatic heterocycles. The van der Waals surface area contributed by atoms with E-state index in [1.165, 1.54) is 12.3 Å². The van der Waals surface area contributed by atoms with E-state index in [2.05, 4.69) is 12.8 Å². The van der Waals surface area contributed by atoms with Crippen LogP contribution in [0.25, 0.3) is 0 Å². The maximum atomic E-state index is 5.00. The molecule has 0 bridgehead atoms. The Balaban J connectivity index is 0.000000810. The minimum absolute atomic E-state index is 0. The molecule has 0 aliphatic heterocycles. The van der Waals surface area contributed by atoms with E-state index in [9.17, 15) is 0 Å². The van der Waals surface area contributed by atoms with Crippen molar-refractivity contribution in [1.82, 2.24) is 0 Å². The SMILES string of the molecule is COC[C-]1C[CH-]C[CH-]C1.[Y+3]. The van der Waals surface area contributed by atoms with Crippen molar-refractivity contribution in [2.75, 3.05) is 13.7 Å². The van der Waals surface area contributed by atoms with Crippen LogP contribution in [-0.2, 0) is 37.4 Å². The number of hydrogen-bond donors (Lipinski definition) is 0. The van der Waals surface area contributed by atoms with Gasteiger partial charge in [0.05, 0.1) is 0 Å². The van der Waals surface area contributed by atoms with E-state index in [-0.39, 0.29) is 32.7 Å². The standard InChI is InChI=1S/C8H13O.Y/c1-9-7-8-5-3-2-4-6-8;/h3-4H,2,5-7H2,1H3;/q-3;+3. The van der Waals surface area contributed by atoms with Crippen molar-refractivity contribution >= 4 is 0 Å². The number of rotatable bonds is 2. The zero-order valence-electron chi connectivity index (χ0n) is 6.47. The van der Waals surface area contributed by atoms with Crippen LogP contribution in [0.1, 0.15) is 19.3 Å². The van der Waals surface area contributed by atoms with E-state index < -0.39 is 0 Å². The number of ether oxygens (including phenoxy) is 1. The van der Waals surface area contributed by atoms with Gasteiger partial charge in [-0.25, -0.2) is 0 Å². The Morgan fingerprint density at radius 2 is 2.00 bits per heavy atom. The van der Waals surface area contributed by atoms with Gasteiger partial charge in [0.2, 0.25) is 0 Å². The molecule has 0 aromatic rings. The topological polar surface area (TPSA) is 9.23 Å². The second kappa shape index (κ2) is 6.75. The van der Waals surface area contributed by atoms with Crippen molar-refractivity contribution in [1.29, 1.82) is 0 Å². The van der Waals surface area contributed by atoms with E-state index in [4.69, 9.17) is 4.74 Å². The fourth-order valence-electron chi connectivity index (χ4n) is 1.10. The summed E-state index contributed by atoms with van der Waals surface area (Å²) in [7, 11) is 1.75. The van der Waals surface area contributed by atoms with E-state index in [1.54, 1.807) is 7.11 Å². The Hall–Kier alpha value is 1.06. The molecular formula is C8H13OY. The quantitative estimate of drug-likeness (QED) is 0.637. The Bertz CT molecular complexity index is 66.9. The Morgan fingerprint density at radius 1 is 1.40 bits per heavy atom. The fraction of sp³-hybridized carbons (Fsp3) is 0.625. The molecular weight excluding hydrogens is 201 g/mol. The maximum absolute atomic E-state index is 5.00. The van der Waals surface area contributed by atoms with Crippen LogP contribution in [0.15, 0.2) is 0 Å². The van der Waals surface area contributed by atoms with E-state index in [0.29, 0.717) is 0 Å². The van der Waals surface area contributed by atoms with Crippen LogP contribution < -0.4 is 0 Å². The van der Waals surface area contributed by atoms with Crippen molar-refractivity contribution in [3.8, 4) is 0 Å². The zero-order chi connectivity index (χ0) is 6.53. The Morgan fingerprint density at radius 3 is 2.50 bits per heavy atom. The predicted octanol–water partition coefficient (Wildman–Crippen LogP) is 1.80. The largest absolute Gasteiger partial charge is 3.00 e. The molecule has 1 saturated carbocycles. The van der Waals surface area contributed by atoms with Crippen LogP contribution in [0.3, 0.4) is 0 Å². The van der Waals surface area contributed by atoms with Crippen molar-refractivity contribution in [2.45, 2.75) is 19.3 Å². The van der Waals surface area contributed by atoms with Crippen LogP contribution >= 0.6 is 0 Å². The molecule has 54 valence electrons. The smallest absolute Gasteiger partial charge is 0.416 e. The molecule has 0 spiro atoms. The summed E-state index contributed by atoms with van der Waals surface area (Å²) in [4.78, 5) is 0. The first-order valence-electron chi connectivity index (χ1n) is 3.39. The van der Waals surface area contributed by atoms with Gasteiger partial charge in [-0.3, -0.25) is 0 Å². The van der Waals surface area contributed by atoms with Crippen molar-refractivity contribution < 1.29 is 37.4 Å². The summed E-state index contributed by atoms with van der Waals surface area (Å²) < 4.78 is 5.00. The minimum Gasteiger partial charge on any atom is -0.416 e. The van der Waals surface area contributed by atoms with Crippen LogP contribution in [0, 0.1) is 18.8 Å². The molecule has 0 radical (unpaired) electrons. The summed E-state index contributed by atoms with van der Waals surface area (Å²) in [6, 6.07) is 0. The van der Waals surface area contributed by atoms with Crippen molar-refractivity contribution in [3.05, 3.63) is 18.8 Å². The van der Waals surface area contributed by atoms with Gasteiger partial charge in [0.15, 0.2) is 0 Å². The molecule has 0 N–H and O–H groups in total. The fourth-order valence-corrected chi connectivity index (χ4v) is 1.10. The van der Waals surface area contributed by atoms with Gasteiger partial charge in [-0.05, 0) is 0 Å². The number of hydrogen-bond acceptors (Lipinski definition) is 1. The molecule has 10 heavy (non-hydrogen) atoms. The monoisotopic (exact) mass is 214 g/mol. The molecule has 1 fully saturated rings. The average molecular weight is 214 g/mol. The molecule has 1 aliphatic carbocycles. The summed E-state index contributed by atoms with van der Waals surface area (Å²) in [5, 5.41) is 0. The summed E-state index contributed by atoms with van der Waals surface area (Å²) in [5.74, 6) is 1.50. The second-order valence-electron chi connectivity index (χ2n) is 2.40. The van der Waals surface area contributed by atoms with Crippen LogP contribution in [-0.4, -0.2) is 13.7 Å². The van der Waals surface area contributed by atoms with Gasteiger partial charge in [0.25, 0.3) is 0 Å². The van der Waals surface area contributed by atoms with Gasteiger partial charge in [-0.1, -0.05) is 6.61 Å². The first-order chi connectivity index (χ1) is 4.43.